The number of unbranched alkanes of at least 4 members (excludes halogenated alkanes) is 15. The van der Waals surface area contributed by atoms with Crippen molar-refractivity contribution in [2.45, 2.75) is 136 Å². The smallest absolute Gasteiger partial charge is 0.333 e. The number of rotatable bonds is 21. The first-order chi connectivity index (χ1) is 13.6. The van der Waals surface area contributed by atoms with Gasteiger partial charge in [-0.15, -0.1) is 0 Å². The first-order valence-electron chi connectivity index (χ1n) is 12.4. The molecule has 0 saturated carbocycles. The fourth-order valence-electron chi connectivity index (χ4n) is 3.56. The quantitative estimate of drug-likeness (QED) is 0.110. The predicted octanol–water partition coefficient (Wildman–Crippen LogP) is 8.78. The molecule has 166 valence electrons. The van der Waals surface area contributed by atoms with Crippen molar-refractivity contribution in [3.05, 3.63) is 12.2 Å². The van der Waals surface area contributed by atoms with Crippen molar-refractivity contribution in [1.29, 1.82) is 0 Å². The lowest BCUT2D eigenvalue weighted by Crippen LogP contribution is -2.05. The number of carbonyl (C=O) groups excluding carboxylic acids is 1. The van der Waals surface area contributed by atoms with Crippen molar-refractivity contribution in [1.82, 2.24) is 0 Å². The lowest BCUT2D eigenvalue weighted by atomic mass is 9.99. The Bertz CT molecular complexity index is 361. The Hall–Kier alpha value is -0.790. The molecule has 0 amide bonds. The second-order valence-corrected chi connectivity index (χ2v) is 8.88. The summed E-state index contributed by atoms with van der Waals surface area (Å²) in [7, 11) is 0. The van der Waals surface area contributed by atoms with E-state index in [-0.39, 0.29) is 5.97 Å². The first kappa shape index (κ1) is 27.2. The van der Waals surface area contributed by atoms with Crippen molar-refractivity contribution >= 4 is 5.97 Å². The Balaban J connectivity index is 3.09. The Kier molecular flexibility index (Phi) is 20.3. The van der Waals surface area contributed by atoms with E-state index in [0.717, 1.165) is 12.3 Å². The summed E-state index contributed by atoms with van der Waals surface area (Å²) in [5.74, 6) is 0.676. The van der Waals surface area contributed by atoms with Gasteiger partial charge in [-0.25, -0.2) is 4.79 Å². The van der Waals surface area contributed by atoms with Crippen molar-refractivity contribution in [2.24, 2.45) is 5.92 Å². The van der Waals surface area contributed by atoms with Crippen LogP contribution in [0.25, 0.3) is 0 Å². The zero-order valence-corrected chi connectivity index (χ0v) is 19.5. The van der Waals surface area contributed by atoms with Crippen LogP contribution in [-0.2, 0) is 9.53 Å². The summed E-state index contributed by atoms with van der Waals surface area (Å²) in [5, 5.41) is 0. The molecule has 1 atom stereocenters. The maximum Gasteiger partial charge on any atom is 0.333 e. The number of esters is 1. The van der Waals surface area contributed by atoms with E-state index in [1.807, 2.05) is 0 Å². The molecule has 0 aliphatic carbocycles. The molecule has 0 heterocycles. The largest absolute Gasteiger partial charge is 0.462 e. The van der Waals surface area contributed by atoms with Crippen LogP contribution >= 0.6 is 0 Å². The minimum Gasteiger partial charge on any atom is -0.462 e. The second kappa shape index (κ2) is 20.9. The van der Waals surface area contributed by atoms with Gasteiger partial charge in [-0.2, -0.15) is 0 Å². The summed E-state index contributed by atoms with van der Waals surface area (Å²) in [6.45, 7) is 10.5. The van der Waals surface area contributed by atoms with E-state index in [4.69, 9.17) is 4.74 Å². The van der Waals surface area contributed by atoms with Crippen LogP contribution in [0.3, 0.4) is 0 Å². The van der Waals surface area contributed by atoms with Crippen molar-refractivity contribution < 1.29 is 9.53 Å². The number of carbonyl (C=O) groups is 1. The van der Waals surface area contributed by atoms with Gasteiger partial charge in [-0.1, -0.05) is 130 Å². The van der Waals surface area contributed by atoms with Crippen LogP contribution in [0.5, 0.6) is 0 Å². The number of hydrogen-bond donors (Lipinski definition) is 0. The summed E-state index contributed by atoms with van der Waals surface area (Å²) in [6, 6.07) is 0. The van der Waals surface area contributed by atoms with Crippen LogP contribution in [-0.4, -0.2) is 12.6 Å². The summed E-state index contributed by atoms with van der Waals surface area (Å²) in [6.07, 6.45) is 24.7. The van der Waals surface area contributed by atoms with E-state index < -0.39 is 0 Å². The highest BCUT2D eigenvalue weighted by Gasteiger charge is 2.02. The summed E-state index contributed by atoms with van der Waals surface area (Å²) < 4.78 is 5.10. The van der Waals surface area contributed by atoms with Crippen LogP contribution in [0.15, 0.2) is 12.2 Å². The van der Waals surface area contributed by atoms with E-state index in [2.05, 4.69) is 20.4 Å². The predicted molar refractivity (Wildman–Crippen MR) is 124 cm³/mol. The maximum atomic E-state index is 11.2. The summed E-state index contributed by atoms with van der Waals surface area (Å²) >= 11 is 0. The normalized spacial score (nSPS) is 12.1. The highest BCUT2D eigenvalue weighted by Crippen LogP contribution is 2.16. The van der Waals surface area contributed by atoms with E-state index >= 15 is 0 Å². The summed E-state index contributed by atoms with van der Waals surface area (Å²) in [4.78, 5) is 11.2. The SMILES string of the molecule is C=C(C)C(=O)OCCCCCCCCCCCCCCCCCCC(C)CC. The Labute approximate surface area is 176 Å². The molecular formula is C26H50O2. The maximum absolute atomic E-state index is 11.2. The van der Waals surface area contributed by atoms with Crippen molar-refractivity contribution in [3.8, 4) is 0 Å². The van der Waals surface area contributed by atoms with Crippen LogP contribution in [0.2, 0.25) is 0 Å². The Morgan fingerprint density at radius 1 is 0.714 bits per heavy atom. The van der Waals surface area contributed by atoms with Crippen LogP contribution < -0.4 is 0 Å². The van der Waals surface area contributed by atoms with Gasteiger partial charge in [0.05, 0.1) is 6.61 Å². The molecule has 2 nitrogen and oxygen atoms in total. The van der Waals surface area contributed by atoms with Gasteiger partial charge in [0, 0.05) is 5.57 Å². The topological polar surface area (TPSA) is 26.3 Å². The molecule has 0 aromatic heterocycles. The molecule has 0 N–H and O–H groups in total. The van der Waals surface area contributed by atoms with E-state index in [1.54, 1.807) is 6.92 Å². The average molecular weight is 395 g/mol. The first-order valence-corrected chi connectivity index (χ1v) is 12.4. The van der Waals surface area contributed by atoms with Gasteiger partial charge in [0.1, 0.15) is 0 Å². The van der Waals surface area contributed by atoms with Gasteiger partial charge in [-0.05, 0) is 19.3 Å². The molecule has 0 aromatic rings. The molecule has 0 saturated heterocycles. The molecule has 0 spiro atoms. The molecule has 1 unspecified atom stereocenters. The van der Waals surface area contributed by atoms with Crippen LogP contribution in [0.4, 0.5) is 0 Å². The minimum absolute atomic E-state index is 0.253. The van der Waals surface area contributed by atoms with Gasteiger partial charge in [0.15, 0.2) is 0 Å². The van der Waals surface area contributed by atoms with Gasteiger partial charge in [-0.3, -0.25) is 0 Å². The molecule has 28 heavy (non-hydrogen) atoms. The highest BCUT2D eigenvalue weighted by atomic mass is 16.5. The Morgan fingerprint density at radius 3 is 1.43 bits per heavy atom. The Morgan fingerprint density at radius 2 is 1.07 bits per heavy atom. The highest BCUT2D eigenvalue weighted by molar-refractivity contribution is 5.86. The monoisotopic (exact) mass is 394 g/mol. The standard InChI is InChI=1S/C26H50O2/c1-5-25(4)22-20-18-16-14-12-10-8-6-7-9-11-13-15-17-19-21-23-28-26(27)24(2)3/h25H,2,5-23H2,1,3-4H3. The third-order valence-electron chi connectivity index (χ3n) is 5.87. The summed E-state index contributed by atoms with van der Waals surface area (Å²) in [5.41, 5.74) is 0.493. The fourth-order valence-corrected chi connectivity index (χ4v) is 3.56. The van der Waals surface area contributed by atoms with Gasteiger partial charge >= 0.3 is 5.97 Å². The fraction of sp³-hybridized carbons (Fsp3) is 0.885. The van der Waals surface area contributed by atoms with E-state index in [0.29, 0.717) is 12.2 Å². The molecular weight excluding hydrogens is 344 g/mol. The third kappa shape index (κ3) is 20.0. The lowest BCUT2D eigenvalue weighted by Gasteiger charge is -2.07. The molecule has 0 radical (unpaired) electrons. The second-order valence-electron chi connectivity index (χ2n) is 8.88. The van der Waals surface area contributed by atoms with Crippen molar-refractivity contribution in [2.75, 3.05) is 6.61 Å². The van der Waals surface area contributed by atoms with Crippen LogP contribution in [0.1, 0.15) is 136 Å². The van der Waals surface area contributed by atoms with Gasteiger partial charge < -0.3 is 4.74 Å². The minimum atomic E-state index is -0.253. The zero-order chi connectivity index (χ0) is 20.9. The van der Waals surface area contributed by atoms with E-state index in [1.165, 1.54) is 109 Å². The molecule has 2 heteroatoms. The molecule has 0 rings (SSSR count). The molecule has 0 bridgehead atoms. The van der Waals surface area contributed by atoms with Crippen LogP contribution in [0, 0.1) is 5.92 Å². The average Bonchev–Trinajstić information content (AvgIpc) is 2.69. The number of ether oxygens (including phenoxy) is 1. The lowest BCUT2D eigenvalue weighted by molar-refractivity contribution is -0.139. The molecule has 0 aliphatic rings. The zero-order valence-electron chi connectivity index (χ0n) is 19.5. The third-order valence-corrected chi connectivity index (χ3v) is 5.87. The molecule has 0 aromatic carbocycles. The number of hydrogen-bond acceptors (Lipinski definition) is 2. The molecule has 0 aliphatic heterocycles. The van der Waals surface area contributed by atoms with E-state index in [9.17, 15) is 4.79 Å². The van der Waals surface area contributed by atoms with Gasteiger partial charge in [0.2, 0.25) is 0 Å². The van der Waals surface area contributed by atoms with Gasteiger partial charge in [0.25, 0.3) is 0 Å². The molecule has 0 fully saturated rings. The van der Waals surface area contributed by atoms with Crippen molar-refractivity contribution in [3.63, 3.8) is 0 Å².